The quantitative estimate of drug-likeness (QED) is 0.634. The molecule has 0 saturated heterocycles. The lowest BCUT2D eigenvalue weighted by Crippen LogP contribution is -2.29. The average Bonchev–Trinajstić information content (AvgIpc) is 2.53. The molecule has 5 heteroatoms. The fraction of sp³-hybridized carbons (Fsp3) is 0.250. The summed E-state index contributed by atoms with van der Waals surface area (Å²) in [7, 11) is 3.15. The fourth-order valence-corrected chi connectivity index (χ4v) is 2.23. The summed E-state index contributed by atoms with van der Waals surface area (Å²) >= 11 is 0. The van der Waals surface area contributed by atoms with Crippen LogP contribution in [0.2, 0.25) is 0 Å². The molecule has 4 nitrogen and oxygen atoms in total. The maximum absolute atomic E-state index is 13.8. The van der Waals surface area contributed by atoms with Crippen molar-refractivity contribution in [3.05, 3.63) is 59.4 Å². The lowest BCUT2D eigenvalue weighted by Gasteiger charge is -2.18. The smallest absolute Gasteiger partial charge is 0.161 e. The van der Waals surface area contributed by atoms with Gasteiger partial charge in [-0.3, -0.25) is 11.3 Å². The summed E-state index contributed by atoms with van der Waals surface area (Å²) in [4.78, 5) is 0. The molecule has 0 spiro atoms. The highest BCUT2D eigenvalue weighted by Gasteiger charge is 2.15. The van der Waals surface area contributed by atoms with E-state index in [1.54, 1.807) is 38.5 Å². The predicted molar refractivity (Wildman–Crippen MR) is 79.7 cm³/mol. The molecule has 0 heterocycles. The van der Waals surface area contributed by atoms with Gasteiger partial charge >= 0.3 is 0 Å². The van der Waals surface area contributed by atoms with E-state index in [4.69, 9.17) is 15.3 Å². The molecule has 0 aliphatic carbocycles. The molecular weight excluding hydrogens is 271 g/mol. The van der Waals surface area contributed by atoms with E-state index >= 15 is 0 Å². The second kappa shape index (κ2) is 7.06. The fourth-order valence-electron chi connectivity index (χ4n) is 2.23. The maximum Gasteiger partial charge on any atom is 0.161 e. The lowest BCUT2D eigenvalue weighted by atomic mass is 9.98. The minimum Gasteiger partial charge on any atom is -0.493 e. The van der Waals surface area contributed by atoms with Crippen LogP contribution in [0.1, 0.15) is 17.2 Å². The molecule has 0 aliphatic heterocycles. The van der Waals surface area contributed by atoms with Crippen LogP contribution in [-0.4, -0.2) is 14.2 Å². The molecule has 2 aromatic carbocycles. The number of ether oxygens (including phenoxy) is 2. The van der Waals surface area contributed by atoms with Crippen LogP contribution < -0.4 is 20.7 Å². The van der Waals surface area contributed by atoms with Gasteiger partial charge in [0.15, 0.2) is 11.5 Å². The molecule has 1 atom stereocenters. The Kier molecular flexibility index (Phi) is 5.14. The lowest BCUT2D eigenvalue weighted by molar-refractivity contribution is 0.353. The van der Waals surface area contributed by atoms with Crippen LogP contribution in [-0.2, 0) is 6.42 Å². The van der Waals surface area contributed by atoms with Crippen LogP contribution in [0.15, 0.2) is 42.5 Å². The predicted octanol–water partition coefficient (Wildman–Crippen LogP) is 2.59. The minimum atomic E-state index is -0.238. The number of halogens is 1. The van der Waals surface area contributed by atoms with Crippen molar-refractivity contribution in [2.75, 3.05) is 14.2 Å². The molecule has 0 saturated carbocycles. The van der Waals surface area contributed by atoms with E-state index in [9.17, 15) is 4.39 Å². The highest BCUT2D eigenvalue weighted by molar-refractivity contribution is 5.44. The van der Waals surface area contributed by atoms with Crippen molar-refractivity contribution in [2.45, 2.75) is 12.5 Å². The van der Waals surface area contributed by atoms with E-state index in [0.717, 1.165) is 5.56 Å². The van der Waals surface area contributed by atoms with Gasteiger partial charge in [0.25, 0.3) is 0 Å². The van der Waals surface area contributed by atoms with Gasteiger partial charge in [-0.1, -0.05) is 24.3 Å². The van der Waals surface area contributed by atoms with E-state index in [2.05, 4.69) is 5.43 Å². The van der Waals surface area contributed by atoms with Crippen molar-refractivity contribution in [2.24, 2.45) is 5.84 Å². The molecule has 0 aliphatic rings. The first-order valence-electron chi connectivity index (χ1n) is 6.61. The normalized spacial score (nSPS) is 12.0. The third-order valence-corrected chi connectivity index (χ3v) is 3.39. The number of hydrogen-bond acceptors (Lipinski definition) is 4. The number of hydrazine groups is 1. The maximum atomic E-state index is 13.8. The Hall–Kier alpha value is -2.11. The molecule has 0 aromatic heterocycles. The van der Waals surface area contributed by atoms with Crippen LogP contribution in [0.5, 0.6) is 11.5 Å². The van der Waals surface area contributed by atoms with Crippen molar-refractivity contribution in [1.29, 1.82) is 0 Å². The number of benzene rings is 2. The highest BCUT2D eigenvalue weighted by Crippen LogP contribution is 2.31. The number of methoxy groups -OCH3 is 2. The molecular formula is C16H19FN2O2. The molecule has 1 unspecified atom stereocenters. The Morgan fingerprint density at radius 2 is 1.81 bits per heavy atom. The van der Waals surface area contributed by atoms with Gasteiger partial charge in [0.1, 0.15) is 5.82 Å². The van der Waals surface area contributed by atoms with Gasteiger partial charge in [0, 0.05) is 0 Å². The molecule has 3 N–H and O–H groups in total. The van der Waals surface area contributed by atoms with Gasteiger partial charge < -0.3 is 9.47 Å². The highest BCUT2D eigenvalue weighted by atomic mass is 19.1. The molecule has 0 fully saturated rings. The van der Waals surface area contributed by atoms with Crippen LogP contribution in [0, 0.1) is 5.82 Å². The van der Waals surface area contributed by atoms with Crippen LogP contribution in [0.25, 0.3) is 0 Å². The van der Waals surface area contributed by atoms with Crippen molar-refractivity contribution < 1.29 is 13.9 Å². The number of hydrogen-bond donors (Lipinski definition) is 2. The van der Waals surface area contributed by atoms with Gasteiger partial charge in [0.05, 0.1) is 20.3 Å². The summed E-state index contributed by atoms with van der Waals surface area (Å²) in [5, 5.41) is 0. The Labute approximate surface area is 123 Å². The van der Waals surface area contributed by atoms with Crippen LogP contribution >= 0.6 is 0 Å². The summed E-state index contributed by atoms with van der Waals surface area (Å²) in [5.41, 5.74) is 4.23. The average molecular weight is 290 g/mol. The minimum absolute atomic E-state index is 0.221. The second-order valence-electron chi connectivity index (χ2n) is 4.63. The molecule has 21 heavy (non-hydrogen) atoms. The molecule has 112 valence electrons. The Morgan fingerprint density at radius 3 is 2.43 bits per heavy atom. The van der Waals surface area contributed by atoms with Gasteiger partial charge in [-0.05, 0) is 35.7 Å². The van der Waals surface area contributed by atoms with Crippen LogP contribution in [0.3, 0.4) is 0 Å². The summed E-state index contributed by atoms with van der Waals surface area (Å²) in [6.45, 7) is 0. The third kappa shape index (κ3) is 3.51. The zero-order valence-corrected chi connectivity index (χ0v) is 12.1. The molecule has 0 radical (unpaired) electrons. The van der Waals surface area contributed by atoms with Crippen LogP contribution in [0.4, 0.5) is 4.39 Å². The van der Waals surface area contributed by atoms with E-state index in [1.807, 2.05) is 12.1 Å². The first-order chi connectivity index (χ1) is 10.2. The summed E-state index contributed by atoms with van der Waals surface area (Å²) < 4.78 is 24.2. The first kappa shape index (κ1) is 15.3. The van der Waals surface area contributed by atoms with Gasteiger partial charge in [0.2, 0.25) is 0 Å². The SMILES string of the molecule is COc1ccc(C(Cc2ccccc2F)NN)cc1OC. The summed E-state index contributed by atoms with van der Waals surface area (Å²) in [5.74, 6) is 6.64. The molecule has 2 aromatic rings. The third-order valence-electron chi connectivity index (χ3n) is 3.39. The first-order valence-corrected chi connectivity index (χ1v) is 6.61. The topological polar surface area (TPSA) is 56.5 Å². The Balaban J connectivity index is 2.27. The largest absolute Gasteiger partial charge is 0.493 e. The molecule has 0 bridgehead atoms. The number of rotatable bonds is 6. The monoisotopic (exact) mass is 290 g/mol. The second-order valence-corrected chi connectivity index (χ2v) is 4.63. The van der Waals surface area contributed by atoms with E-state index in [-0.39, 0.29) is 11.9 Å². The van der Waals surface area contributed by atoms with Gasteiger partial charge in [-0.25, -0.2) is 4.39 Å². The van der Waals surface area contributed by atoms with E-state index in [0.29, 0.717) is 23.5 Å². The number of nitrogens with two attached hydrogens (primary N) is 1. The Morgan fingerprint density at radius 1 is 1.10 bits per heavy atom. The summed E-state index contributed by atoms with van der Waals surface area (Å²) in [6, 6.07) is 12.0. The Bertz CT molecular complexity index is 605. The zero-order valence-electron chi connectivity index (χ0n) is 12.1. The van der Waals surface area contributed by atoms with E-state index < -0.39 is 0 Å². The molecule has 0 amide bonds. The van der Waals surface area contributed by atoms with Crippen molar-refractivity contribution in [1.82, 2.24) is 5.43 Å². The summed E-state index contributed by atoms with van der Waals surface area (Å²) in [6.07, 6.45) is 0.443. The van der Waals surface area contributed by atoms with E-state index in [1.165, 1.54) is 6.07 Å². The zero-order chi connectivity index (χ0) is 15.2. The van der Waals surface area contributed by atoms with Gasteiger partial charge in [-0.15, -0.1) is 0 Å². The van der Waals surface area contributed by atoms with Crippen molar-refractivity contribution >= 4 is 0 Å². The van der Waals surface area contributed by atoms with Gasteiger partial charge in [-0.2, -0.15) is 0 Å². The van der Waals surface area contributed by atoms with Crippen molar-refractivity contribution in [3.8, 4) is 11.5 Å². The standard InChI is InChI=1S/C16H19FN2O2/c1-20-15-8-7-12(10-16(15)21-2)14(19-18)9-11-5-3-4-6-13(11)17/h3-8,10,14,19H,9,18H2,1-2H3. The molecule has 2 rings (SSSR count). The number of nitrogens with one attached hydrogen (secondary N) is 1. The van der Waals surface area contributed by atoms with Crippen molar-refractivity contribution in [3.63, 3.8) is 0 Å².